The van der Waals surface area contributed by atoms with Crippen LogP contribution in [0.4, 0.5) is 0 Å². The lowest BCUT2D eigenvalue weighted by molar-refractivity contribution is 1.02. The second kappa shape index (κ2) is 6.77. The predicted octanol–water partition coefficient (Wildman–Crippen LogP) is 3.71. The lowest BCUT2D eigenvalue weighted by atomic mass is 9.91. The number of hydrogen-bond acceptors (Lipinski definition) is 1. The molecule has 0 aliphatic carbocycles. The minimum absolute atomic E-state index is 0. The summed E-state index contributed by atoms with van der Waals surface area (Å²) in [6, 6.07) is 20.7. The number of nitrogens with two attached hydrogens (primary N) is 1. The van der Waals surface area contributed by atoms with Crippen LogP contribution in [-0.4, -0.2) is 0 Å². The van der Waals surface area contributed by atoms with Gasteiger partial charge >= 0.3 is 0 Å². The molecule has 0 fully saturated rings. The molecular formula is C15H16ClN. The molecule has 0 saturated heterocycles. The van der Waals surface area contributed by atoms with Crippen molar-refractivity contribution < 1.29 is 0 Å². The van der Waals surface area contributed by atoms with Crippen molar-refractivity contribution in [3.05, 3.63) is 84.1 Å². The maximum absolute atomic E-state index is 5.52. The molecule has 1 nitrogen and oxygen atoms in total. The fourth-order valence-corrected chi connectivity index (χ4v) is 1.85. The number of hydrogen-bond donors (Lipinski definition) is 1. The Bertz CT molecular complexity index is 411. The molecule has 0 aromatic heterocycles. The van der Waals surface area contributed by atoms with Crippen molar-refractivity contribution in [1.82, 2.24) is 0 Å². The Morgan fingerprint density at radius 3 is 1.53 bits per heavy atom. The molecule has 0 spiro atoms. The van der Waals surface area contributed by atoms with Gasteiger partial charge < -0.3 is 5.73 Å². The topological polar surface area (TPSA) is 26.0 Å². The zero-order chi connectivity index (χ0) is 11.2. The summed E-state index contributed by atoms with van der Waals surface area (Å²) >= 11 is 0. The smallest absolute Gasteiger partial charge is 0.0286 e. The monoisotopic (exact) mass is 245 g/mol. The van der Waals surface area contributed by atoms with Gasteiger partial charge in [-0.05, 0) is 17.3 Å². The molecule has 0 aliphatic heterocycles. The summed E-state index contributed by atoms with van der Waals surface area (Å²) in [5, 5.41) is 0. The zero-order valence-corrected chi connectivity index (χ0v) is 10.3. The zero-order valence-electron chi connectivity index (χ0n) is 9.49. The Hall–Kier alpha value is -1.73. The Kier molecular flexibility index (Phi) is 5.31. The SMILES string of the molecule is Cl.NC=CC(c1ccccc1)c1ccccc1. The van der Waals surface area contributed by atoms with Crippen LogP contribution in [0.5, 0.6) is 0 Å². The third-order valence-corrected chi connectivity index (χ3v) is 2.62. The van der Waals surface area contributed by atoms with Gasteiger partial charge in [-0.15, -0.1) is 12.4 Å². The summed E-state index contributed by atoms with van der Waals surface area (Å²) in [5.41, 5.74) is 8.04. The van der Waals surface area contributed by atoms with E-state index in [0.29, 0.717) is 0 Å². The molecule has 0 radical (unpaired) electrons. The van der Waals surface area contributed by atoms with E-state index in [2.05, 4.69) is 48.5 Å². The Morgan fingerprint density at radius 1 is 0.765 bits per heavy atom. The summed E-state index contributed by atoms with van der Waals surface area (Å²) in [5.74, 6) is 0.243. The van der Waals surface area contributed by atoms with Crippen molar-refractivity contribution in [1.29, 1.82) is 0 Å². The highest BCUT2D eigenvalue weighted by atomic mass is 35.5. The fraction of sp³-hybridized carbons (Fsp3) is 0.0667. The lowest BCUT2D eigenvalue weighted by Gasteiger charge is -2.13. The largest absolute Gasteiger partial charge is 0.405 e. The van der Waals surface area contributed by atoms with Crippen LogP contribution in [-0.2, 0) is 0 Å². The van der Waals surface area contributed by atoms with E-state index in [0.717, 1.165) is 0 Å². The van der Waals surface area contributed by atoms with Crippen molar-refractivity contribution in [2.24, 2.45) is 5.73 Å². The number of benzene rings is 2. The molecule has 0 unspecified atom stereocenters. The lowest BCUT2D eigenvalue weighted by Crippen LogP contribution is -1.98. The van der Waals surface area contributed by atoms with E-state index in [-0.39, 0.29) is 18.3 Å². The van der Waals surface area contributed by atoms with E-state index >= 15 is 0 Å². The standard InChI is InChI=1S/C15H15N.ClH/c16-12-11-15(13-7-3-1-4-8-13)14-9-5-2-6-10-14;/h1-12,15H,16H2;1H. The second-order valence-electron chi connectivity index (χ2n) is 3.68. The fourth-order valence-electron chi connectivity index (χ4n) is 1.85. The maximum Gasteiger partial charge on any atom is 0.0286 e. The first kappa shape index (κ1) is 13.3. The normalized spacial score (nSPS) is 10.4. The summed E-state index contributed by atoms with van der Waals surface area (Å²) in [6.45, 7) is 0. The third-order valence-electron chi connectivity index (χ3n) is 2.62. The van der Waals surface area contributed by atoms with Gasteiger partial charge in [-0.2, -0.15) is 0 Å². The predicted molar refractivity (Wildman–Crippen MR) is 75.3 cm³/mol. The van der Waals surface area contributed by atoms with Crippen LogP contribution in [0.1, 0.15) is 17.0 Å². The number of allylic oxidation sites excluding steroid dienone is 1. The third kappa shape index (κ3) is 3.36. The first-order valence-electron chi connectivity index (χ1n) is 5.40. The maximum atomic E-state index is 5.52. The molecule has 2 aromatic rings. The number of rotatable bonds is 3. The quantitative estimate of drug-likeness (QED) is 0.877. The van der Waals surface area contributed by atoms with Gasteiger partial charge in [-0.25, -0.2) is 0 Å². The highest BCUT2D eigenvalue weighted by Crippen LogP contribution is 2.25. The second-order valence-corrected chi connectivity index (χ2v) is 3.68. The Balaban J connectivity index is 0.00000144. The average Bonchev–Trinajstić information content (AvgIpc) is 2.38. The minimum atomic E-state index is 0. The minimum Gasteiger partial charge on any atom is -0.405 e. The van der Waals surface area contributed by atoms with Crippen molar-refractivity contribution in [2.75, 3.05) is 0 Å². The van der Waals surface area contributed by atoms with Gasteiger partial charge in [-0.1, -0.05) is 66.7 Å². The Labute approximate surface area is 108 Å². The van der Waals surface area contributed by atoms with Crippen LogP contribution in [0.3, 0.4) is 0 Å². The molecule has 2 aromatic carbocycles. The van der Waals surface area contributed by atoms with Gasteiger partial charge in [0.1, 0.15) is 0 Å². The van der Waals surface area contributed by atoms with Gasteiger partial charge in [-0.3, -0.25) is 0 Å². The summed E-state index contributed by atoms with van der Waals surface area (Å²) in [4.78, 5) is 0. The molecule has 88 valence electrons. The van der Waals surface area contributed by atoms with Crippen LogP contribution in [0.2, 0.25) is 0 Å². The van der Waals surface area contributed by atoms with Crippen LogP contribution in [0, 0.1) is 0 Å². The molecule has 17 heavy (non-hydrogen) atoms. The molecule has 0 saturated carbocycles. The molecule has 0 amide bonds. The molecule has 2 N–H and O–H groups in total. The summed E-state index contributed by atoms with van der Waals surface area (Å²) in [7, 11) is 0. The molecule has 2 rings (SSSR count). The highest BCUT2D eigenvalue weighted by molar-refractivity contribution is 5.85. The average molecular weight is 246 g/mol. The molecule has 0 bridgehead atoms. The van der Waals surface area contributed by atoms with Crippen molar-refractivity contribution in [3.63, 3.8) is 0 Å². The van der Waals surface area contributed by atoms with E-state index in [4.69, 9.17) is 5.73 Å². The van der Waals surface area contributed by atoms with Crippen molar-refractivity contribution in [3.8, 4) is 0 Å². The van der Waals surface area contributed by atoms with Gasteiger partial charge in [0, 0.05) is 5.92 Å². The Morgan fingerprint density at radius 2 is 1.18 bits per heavy atom. The molecule has 0 heterocycles. The van der Waals surface area contributed by atoms with Crippen LogP contribution >= 0.6 is 12.4 Å². The van der Waals surface area contributed by atoms with Crippen LogP contribution < -0.4 is 5.73 Å². The van der Waals surface area contributed by atoms with E-state index in [1.807, 2.05) is 18.2 Å². The van der Waals surface area contributed by atoms with E-state index in [1.54, 1.807) is 6.20 Å². The van der Waals surface area contributed by atoms with E-state index in [9.17, 15) is 0 Å². The summed E-state index contributed by atoms with van der Waals surface area (Å²) in [6.07, 6.45) is 3.63. The first-order valence-corrected chi connectivity index (χ1v) is 5.40. The number of halogens is 1. The van der Waals surface area contributed by atoms with Gasteiger partial charge in [0.05, 0.1) is 0 Å². The molecule has 2 heteroatoms. The molecule has 0 atom stereocenters. The van der Waals surface area contributed by atoms with Gasteiger partial charge in [0.15, 0.2) is 0 Å². The summed E-state index contributed by atoms with van der Waals surface area (Å²) < 4.78 is 0. The van der Waals surface area contributed by atoms with E-state index in [1.165, 1.54) is 11.1 Å². The van der Waals surface area contributed by atoms with Crippen LogP contribution in [0.25, 0.3) is 0 Å². The van der Waals surface area contributed by atoms with Crippen molar-refractivity contribution in [2.45, 2.75) is 5.92 Å². The van der Waals surface area contributed by atoms with Crippen LogP contribution in [0.15, 0.2) is 72.9 Å². The molecule has 0 aliphatic rings. The first-order chi connectivity index (χ1) is 7.92. The van der Waals surface area contributed by atoms with Gasteiger partial charge in [0.2, 0.25) is 0 Å². The van der Waals surface area contributed by atoms with E-state index < -0.39 is 0 Å². The van der Waals surface area contributed by atoms with Gasteiger partial charge in [0.25, 0.3) is 0 Å². The molecular weight excluding hydrogens is 230 g/mol. The highest BCUT2D eigenvalue weighted by Gasteiger charge is 2.09. The van der Waals surface area contributed by atoms with Crippen molar-refractivity contribution >= 4 is 12.4 Å².